The molecular weight excluding hydrogens is 236 g/mol. The molecule has 2 aromatic rings. The smallest absolute Gasteiger partial charge is 0.127 e. The summed E-state index contributed by atoms with van der Waals surface area (Å²) in [5.74, 6) is 1.25. The number of aliphatic hydroxyl groups excluding tert-OH is 1. The number of ether oxygens (including phenoxy) is 1. The standard InChI is InChI=1S/C14H15ClO2/c15-9-8-12(16)10-17-14-7-3-5-11-4-1-2-6-13(11)14/h1-7,12,16H,8-10H2/t12-/m0/s1. The van der Waals surface area contributed by atoms with E-state index in [0.717, 1.165) is 16.5 Å². The van der Waals surface area contributed by atoms with Gasteiger partial charge in [-0.15, -0.1) is 11.6 Å². The summed E-state index contributed by atoms with van der Waals surface area (Å²) in [5, 5.41) is 11.8. The SMILES string of the molecule is O[C@@H](CCCl)COc1cccc2ccccc12. The molecule has 0 amide bonds. The lowest BCUT2D eigenvalue weighted by atomic mass is 10.1. The van der Waals surface area contributed by atoms with E-state index in [2.05, 4.69) is 0 Å². The van der Waals surface area contributed by atoms with Crippen LogP contribution in [-0.2, 0) is 0 Å². The predicted octanol–water partition coefficient (Wildman–Crippen LogP) is 3.21. The summed E-state index contributed by atoms with van der Waals surface area (Å²) in [6.07, 6.45) is 0.0400. The maximum atomic E-state index is 9.57. The van der Waals surface area contributed by atoms with Gasteiger partial charge in [-0.2, -0.15) is 0 Å². The molecule has 0 aliphatic carbocycles. The number of fused-ring (bicyclic) bond motifs is 1. The molecule has 0 aliphatic rings. The van der Waals surface area contributed by atoms with E-state index in [9.17, 15) is 5.11 Å². The van der Waals surface area contributed by atoms with Crippen molar-refractivity contribution in [3.63, 3.8) is 0 Å². The summed E-state index contributed by atoms with van der Waals surface area (Å²) in [7, 11) is 0. The van der Waals surface area contributed by atoms with Crippen molar-refractivity contribution in [2.45, 2.75) is 12.5 Å². The molecule has 0 aliphatic heterocycles. The van der Waals surface area contributed by atoms with Crippen molar-refractivity contribution in [2.75, 3.05) is 12.5 Å². The van der Waals surface area contributed by atoms with Gasteiger partial charge in [-0.3, -0.25) is 0 Å². The van der Waals surface area contributed by atoms with E-state index in [1.54, 1.807) is 0 Å². The van der Waals surface area contributed by atoms with Gasteiger partial charge in [0.05, 0.1) is 6.10 Å². The second kappa shape index (κ2) is 5.89. The zero-order valence-electron chi connectivity index (χ0n) is 9.47. The Kier molecular flexibility index (Phi) is 4.24. The van der Waals surface area contributed by atoms with Crippen molar-refractivity contribution in [1.82, 2.24) is 0 Å². The monoisotopic (exact) mass is 250 g/mol. The maximum Gasteiger partial charge on any atom is 0.127 e. The molecule has 2 rings (SSSR count). The highest BCUT2D eigenvalue weighted by Crippen LogP contribution is 2.25. The van der Waals surface area contributed by atoms with Crippen LogP contribution in [0.2, 0.25) is 0 Å². The molecule has 0 heterocycles. The first kappa shape index (κ1) is 12.2. The van der Waals surface area contributed by atoms with Gasteiger partial charge in [0.2, 0.25) is 0 Å². The zero-order valence-corrected chi connectivity index (χ0v) is 10.2. The molecule has 0 aromatic heterocycles. The van der Waals surface area contributed by atoms with Crippen LogP contribution in [0.5, 0.6) is 5.75 Å². The van der Waals surface area contributed by atoms with Crippen LogP contribution >= 0.6 is 11.6 Å². The molecule has 1 atom stereocenters. The Labute approximate surface area is 106 Å². The predicted molar refractivity (Wildman–Crippen MR) is 70.8 cm³/mol. The summed E-state index contributed by atoms with van der Waals surface area (Å²) in [4.78, 5) is 0. The Morgan fingerprint density at radius 3 is 2.71 bits per heavy atom. The van der Waals surface area contributed by atoms with Crippen molar-refractivity contribution in [1.29, 1.82) is 0 Å². The lowest BCUT2D eigenvalue weighted by molar-refractivity contribution is 0.106. The quantitative estimate of drug-likeness (QED) is 0.826. The second-order valence-electron chi connectivity index (χ2n) is 3.92. The molecule has 0 bridgehead atoms. The van der Waals surface area contributed by atoms with Crippen LogP contribution in [0.4, 0.5) is 0 Å². The highest BCUT2D eigenvalue weighted by molar-refractivity contribution is 6.17. The Morgan fingerprint density at radius 1 is 1.12 bits per heavy atom. The molecule has 0 unspecified atom stereocenters. The number of aliphatic hydroxyl groups is 1. The number of hydrogen-bond acceptors (Lipinski definition) is 2. The Hall–Kier alpha value is -1.25. The largest absolute Gasteiger partial charge is 0.490 e. The fourth-order valence-electron chi connectivity index (χ4n) is 1.72. The zero-order chi connectivity index (χ0) is 12.1. The van der Waals surface area contributed by atoms with Gasteiger partial charge >= 0.3 is 0 Å². The molecule has 3 heteroatoms. The van der Waals surface area contributed by atoms with Crippen molar-refractivity contribution in [3.05, 3.63) is 42.5 Å². The van der Waals surface area contributed by atoms with Crippen LogP contribution < -0.4 is 4.74 Å². The first-order valence-electron chi connectivity index (χ1n) is 5.66. The molecule has 0 saturated carbocycles. The van der Waals surface area contributed by atoms with E-state index in [1.165, 1.54) is 0 Å². The van der Waals surface area contributed by atoms with Gasteiger partial charge in [0.15, 0.2) is 0 Å². The van der Waals surface area contributed by atoms with Crippen LogP contribution in [0.1, 0.15) is 6.42 Å². The third-order valence-corrected chi connectivity index (χ3v) is 2.84. The van der Waals surface area contributed by atoms with Crippen LogP contribution in [-0.4, -0.2) is 23.7 Å². The summed E-state index contributed by atoms with van der Waals surface area (Å²) in [6, 6.07) is 13.9. The lowest BCUT2D eigenvalue weighted by Crippen LogP contribution is -2.17. The maximum absolute atomic E-state index is 9.57. The van der Waals surface area contributed by atoms with Gasteiger partial charge in [0.25, 0.3) is 0 Å². The van der Waals surface area contributed by atoms with Crippen molar-refractivity contribution < 1.29 is 9.84 Å². The van der Waals surface area contributed by atoms with E-state index in [-0.39, 0.29) is 6.61 Å². The fraction of sp³-hybridized carbons (Fsp3) is 0.286. The normalized spacial score (nSPS) is 12.6. The van der Waals surface area contributed by atoms with Crippen molar-refractivity contribution in [2.24, 2.45) is 0 Å². The minimum Gasteiger partial charge on any atom is -0.490 e. The number of halogens is 1. The molecule has 1 N–H and O–H groups in total. The van der Waals surface area contributed by atoms with Crippen LogP contribution in [0.3, 0.4) is 0 Å². The molecule has 0 saturated heterocycles. The number of rotatable bonds is 5. The first-order chi connectivity index (χ1) is 8.31. The average Bonchev–Trinajstić information content (AvgIpc) is 2.36. The van der Waals surface area contributed by atoms with Crippen LogP contribution in [0, 0.1) is 0 Å². The highest BCUT2D eigenvalue weighted by atomic mass is 35.5. The number of alkyl halides is 1. The summed E-state index contributed by atoms with van der Waals surface area (Å²) >= 11 is 5.56. The first-order valence-corrected chi connectivity index (χ1v) is 6.19. The highest BCUT2D eigenvalue weighted by Gasteiger charge is 2.06. The molecule has 0 radical (unpaired) electrons. The number of hydrogen-bond donors (Lipinski definition) is 1. The Balaban J connectivity index is 2.13. The van der Waals surface area contributed by atoms with E-state index in [1.807, 2.05) is 42.5 Å². The van der Waals surface area contributed by atoms with Gasteiger partial charge < -0.3 is 9.84 Å². The minimum atomic E-state index is -0.508. The summed E-state index contributed by atoms with van der Waals surface area (Å²) < 4.78 is 5.62. The van der Waals surface area contributed by atoms with Gasteiger partial charge in [-0.25, -0.2) is 0 Å². The summed E-state index contributed by atoms with van der Waals surface area (Å²) in [6.45, 7) is 0.278. The molecule has 0 fully saturated rings. The lowest BCUT2D eigenvalue weighted by Gasteiger charge is -2.12. The van der Waals surface area contributed by atoms with Crippen LogP contribution in [0.15, 0.2) is 42.5 Å². The fourth-order valence-corrected chi connectivity index (χ4v) is 1.97. The van der Waals surface area contributed by atoms with Crippen molar-refractivity contribution >= 4 is 22.4 Å². The van der Waals surface area contributed by atoms with Gasteiger partial charge in [-0.05, 0) is 17.9 Å². The third kappa shape index (κ3) is 3.11. The molecule has 0 spiro atoms. The van der Waals surface area contributed by atoms with Crippen molar-refractivity contribution in [3.8, 4) is 5.75 Å². The third-order valence-electron chi connectivity index (χ3n) is 2.62. The minimum absolute atomic E-state index is 0.278. The molecule has 17 heavy (non-hydrogen) atoms. The van der Waals surface area contributed by atoms with E-state index >= 15 is 0 Å². The van der Waals surface area contributed by atoms with E-state index in [4.69, 9.17) is 16.3 Å². The molecule has 90 valence electrons. The van der Waals surface area contributed by atoms with E-state index in [0.29, 0.717) is 12.3 Å². The number of benzene rings is 2. The molecule has 2 nitrogen and oxygen atoms in total. The Morgan fingerprint density at radius 2 is 1.88 bits per heavy atom. The Bertz CT molecular complexity index is 479. The van der Waals surface area contributed by atoms with Gasteiger partial charge in [0.1, 0.15) is 12.4 Å². The second-order valence-corrected chi connectivity index (χ2v) is 4.30. The van der Waals surface area contributed by atoms with Gasteiger partial charge in [-0.1, -0.05) is 36.4 Å². The topological polar surface area (TPSA) is 29.5 Å². The molecule has 2 aromatic carbocycles. The summed E-state index contributed by atoms with van der Waals surface area (Å²) in [5.41, 5.74) is 0. The van der Waals surface area contributed by atoms with Gasteiger partial charge in [0, 0.05) is 11.3 Å². The molecular formula is C14H15ClO2. The average molecular weight is 251 g/mol. The van der Waals surface area contributed by atoms with E-state index < -0.39 is 6.10 Å². The van der Waals surface area contributed by atoms with Crippen LogP contribution in [0.25, 0.3) is 10.8 Å².